The largest absolute Gasteiger partial charge is 0.597 e. The maximum atomic E-state index is 5.69. The molecule has 2 aliphatic rings. The first-order valence-corrected chi connectivity index (χ1v) is 10.3. The van der Waals surface area contributed by atoms with Crippen LogP contribution in [0.1, 0.15) is 76.2 Å². The fourth-order valence-electron chi connectivity index (χ4n) is 2.09. The van der Waals surface area contributed by atoms with Crippen molar-refractivity contribution in [2.75, 3.05) is 0 Å². The molecule has 0 aromatic rings. The maximum Gasteiger partial charge on any atom is 0.597 e. The Labute approximate surface area is 169 Å². The highest BCUT2D eigenvalue weighted by Crippen LogP contribution is 2.37. The Morgan fingerprint density at radius 1 is 0.852 bits per heavy atom. The highest BCUT2D eigenvalue weighted by molar-refractivity contribution is 6.47. The summed E-state index contributed by atoms with van der Waals surface area (Å²) in [5, 5.41) is 0. The van der Waals surface area contributed by atoms with E-state index in [-0.39, 0.29) is 25.4 Å². The van der Waals surface area contributed by atoms with Crippen molar-refractivity contribution >= 4 is 14.2 Å². The first-order valence-electron chi connectivity index (χ1n) is 10.3. The van der Waals surface area contributed by atoms with E-state index >= 15 is 0 Å². The summed E-state index contributed by atoms with van der Waals surface area (Å²) in [4.78, 5) is 0. The van der Waals surface area contributed by atoms with E-state index in [1.807, 2.05) is 41.5 Å². The van der Waals surface area contributed by atoms with Crippen molar-refractivity contribution in [1.29, 1.82) is 0 Å². The van der Waals surface area contributed by atoms with Gasteiger partial charge in [-0.25, -0.2) is 0 Å². The maximum absolute atomic E-state index is 5.69. The van der Waals surface area contributed by atoms with Crippen molar-refractivity contribution < 1.29 is 18.6 Å². The average molecular weight is 380 g/mol. The third-order valence-electron chi connectivity index (χ3n) is 4.28. The first-order chi connectivity index (χ1) is 12.6. The van der Waals surface area contributed by atoms with E-state index in [9.17, 15) is 0 Å². The monoisotopic (exact) mass is 380 g/mol. The van der Waals surface area contributed by atoms with Crippen LogP contribution < -0.4 is 0 Å². The summed E-state index contributed by atoms with van der Waals surface area (Å²) in [6.45, 7) is 29.7. The predicted molar refractivity (Wildman–Crippen MR) is 120 cm³/mol. The van der Waals surface area contributed by atoms with Gasteiger partial charge in [-0.3, -0.25) is 0 Å². The summed E-state index contributed by atoms with van der Waals surface area (Å²) in [6, 6.07) is 0. The van der Waals surface area contributed by atoms with Crippen LogP contribution in [0.2, 0.25) is 12.1 Å². The molecule has 0 bridgehead atoms. The van der Waals surface area contributed by atoms with Crippen molar-refractivity contribution in [3.05, 3.63) is 36.8 Å². The van der Waals surface area contributed by atoms with E-state index < -0.39 is 0 Å². The molecule has 1 saturated heterocycles. The zero-order valence-electron chi connectivity index (χ0n) is 19.6. The fourth-order valence-corrected chi connectivity index (χ4v) is 2.09. The molecule has 1 fully saturated rings. The van der Waals surface area contributed by atoms with Crippen LogP contribution in [-0.4, -0.2) is 25.4 Å². The molecule has 0 aliphatic carbocycles. The molecule has 2 rings (SSSR count). The zero-order chi connectivity index (χ0) is 21.8. The summed E-state index contributed by atoms with van der Waals surface area (Å²) in [7, 11) is -0.203. The highest BCUT2D eigenvalue weighted by atomic mass is 16.7. The molecule has 0 spiro atoms. The molecule has 0 aromatic carbocycles. The smallest absolute Gasteiger partial charge is 0.523 e. The third-order valence-corrected chi connectivity index (χ3v) is 4.28. The molecule has 27 heavy (non-hydrogen) atoms. The molecule has 4 nitrogen and oxygen atoms in total. The fraction of sp³-hybridized carbons (Fsp3) is 0.714. The molecule has 2 aliphatic heterocycles. The number of rotatable bonds is 4. The van der Waals surface area contributed by atoms with Crippen molar-refractivity contribution in [3.63, 3.8) is 0 Å². The van der Waals surface area contributed by atoms with Gasteiger partial charge >= 0.3 is 14.2 Å². The first kappa shape index (κ1) is 28.1. The van der Waals surface area contributed by atoms with E-state index in [4.69, 9.17) is 18.6 Å². The van der Waals surface area contributed by atoms with Crippen molar-refractivity contribution in [3.8, 4) is 0 Å². The van der Waals surface area contributed by atoms with Gasteiger partial charge < -0.3 is 18.6 Å². The van der Waals surface area contributed by atoms with Crippen LogP contribution in [0, 0.1) is 0 Å². The minimum atomic E-state index is -0.189. The van der Waals surface area contributed by atoms with Gasteiger partial charge in [-0.2, -0.15) is 0 Å². The molecule has 2 heterocycles. The van der Waals surface area contributed by atoms with Crippen LogP contribution in [0.5, 0.6) is 0 Å². The van der Waals surface area contributed by atoms with Gasteiger partial charge in [0.25, 0.3) is 0 Å². The van der Waals surface area contributed by atoms with Gasteiger partial charge in [0.15, 0.2) is 0 Å². The summed E-state index contributed by atoms with van der Waals surface area (Å²) in [6.07, 6.45) is 4.20. The summed E-state index contributed by atoms with van der Waals surface area (Å²) in [5.41, 5.74) is -0.318. The van der Waals surface area contributed by atoms with E-state index in [2.05, 4.69) is 47.8 Å². The lowest BCUT2D eigenvalue weighted by Gasteiger charge is -2.32. The SMILES string of the molecule is C=CC1=C(C=C)OB(C(C)C)O1.CC.CC.CCB1OC(C)(C)C(C)(C)O1. The number of hydrogen-bond acceptors (Lipinski definition) is 4. The van der Waals surface area contributed by atoms with E-state index in [0.717, 1.165) is 6.32 Å². The van der Waals surface area contributed by atoms with Crippen molar-refractivity contribution in [2.24, 2.45) is 0 Å². The minimum absolute atomic E-state index is 0.0139. The van der Waals surface area contributed by atoms with Crippen molar-refractivity contribution in [2.45, 2.75) is 99.5 Å². The van der Waals surface area contributed by atoms with Crippen LogP contribution in [0.25, 0.3) is 0 Å². The van der Waals surface area contributed by atoms with E-state index in [0.29, 0.717) is 17.3 Å². The topological polar surface area (TPSA) is 36.9 Å². The quantitative estimate of drug-likeness (QED) is 0.511. The third kappa shape index (κ3) is 8.18. The van der Waals surface area contributed by atoms with Crippen LogP contribution >= 0.6 is 0 Å². The second kappa shape index (κ2) is 13.1. The van der Waals surface area contributed by atoms with Gasteiger partial charge in [0.1, 0.15) is 11.5 Å². The second-order valence-electron chi connectivity index (χ2n) is 7.08. The van der Waals surface area contributed by atoms with Crippen molar-refractivity contribution in [1.82, 2.24) is 0 Å². The van der Waals surface area contributed by atoms with E-state index in [1.165, 1.54) is 0 Å². The van der Waals surface area contributed by atoms with E-state index in [1.54, 1.807) is 12.2 Å². The Morgan fingerprint density at radius 2 is 1.19 bits per heavy atom. The van der Waals surface area contributed by atoms with Gasteiger partial charge in [-0.15, -0.1) is 0 Å². The molecule has 0 atom stereocenters. The van der Waals surface area contributed by atoms with Gasteiger partial charge in [0, 0.05) is 5.82 Å². The Morgan fingerprint density at radius 3 is 1.37 bits per heavy atom. The molecule has 0 amide bonds. The molecule has 0 radical (unpaired) electrons. The lowest BCUT2D eigenvalue weighted by molar-refractivity contribution is 0.00578. The Bertz CT molecular complexity index is 435. The lowest BCUT2D eigenvalue weighted by atomic mass is 9.75. The minimum Gasteiger partial charge on any atom is -0.523 e. The Kier molecular flexibility index (Phi) is 13.6. The van der Waals surface area contributed by atoms with Crippen LogP contribution in [0.15, 0.2) is 36.8 Å². The molecule has 6 heteroatoms. The summed E-state index contributed by atoms with van der Waals surface area (Å²) in [5.74, 6) is 1.70. The molecule has 0 saturated carbocycles. The van der Waals surface area contributed by atoms with Gasteiger partial charge in [0.05, 0.1) is 11.2 Å². The second-order valence-corrected chi connectivity index (χ2v) is 7.08. The summed E-state index contributed by atoms with van der Waals surface area (Å²) < 4.78 is 22.3. The molecule has 0 unspecified atom stereocenters. The zero-order valence-corrected chi connectivity index (χ0v) is 19.6. The molecular weight excluding hydrogens is 338 g/mol. The highest BCUT2D eigenvalue weighted by Gasteiger charge is 2.49. The van der Waals surface area contributed by atoms with Crippen LogP contribution in [-0.2, 0) is 18.6 Å². The van der Waals surface area contributed by atoms with Crippen LogP contribution in [0.4, 0.5) is 0 Å². The Hall–Kier alpha value is -1.13. The number of hydrogen-bond donors (Lipinski definition) is 0. The van der Waals surface area contributed by atoms with Gasteiger partial charge in [-0.1, -0.05) is 61.6 Å². The number of allylic oxidation sites excluding steroid dienone is 2. The molecule has 0 N–H and O–H groups in total. The summed E-state index contributed by atoms with van der Waals surface area (Å²) >= 11 is 0. The van der Waals surface area contributed by atoms with Gasteiger partial charge in [-0.05, 0) is 46.2 Å². The molecular formula is C21H42B2O4. The van der Waals surface area contributed by atoms with Crippen LogP contribution in [0.3, 0.4) is 0 Å². The standard InChI is InChI=1S/C9H13BO2.C8H17BO2.2C2H6/c1-5-8-9(6-2)12-10(11-8)7(3)4;1-6-9-10-7(2,3)8(4,5)11-9;2*1-2/h5-7H,1-2H2,3-4H3;6H2,1-5H3;2*1-2H3. The Balaban J connectivity index is 0. The lowest BCUT2D eigenvalue weighted by Crippen LogP contribution is -2.41. The normalized spacial score (nSPS) is 18.8. The molecule has 156 valence electrons. The predicted octanol–water partition coefficient (Wildman–Crippen LogP) is 6.67. The molecule has 0 aromatic heterocycles. The average Bonchev–Trinajstić information content (AvgIpc) is 3.16. The van der Waals surface area contributed by atoms with Gasteiger partial charge in [0.2, 0.25) is 0 Å².